The SMILES string of the molecule is CCCOc1ccc(F)cc1CBr. The van der Waals surface area contributed by atoms with E-state index in [4.69, 9.17) is 4.74 Å². The molecule has 0 saturated heterocycles. The van der Waals surface area contributed by atoms with E-state index in [-0.39, 0.29) is 5.82 Å². The van der Waals surface area contributed by atoms with Crippen LogP contribution in [-0.2, 0) is 5.33 Å². The lowest BCUT2D eigenvalue weighted by atomic mass is 10.2. The summed E-state index contributed by atoms with van der Waals surface area (Å²) in [6.45, 7) is 2.71. The zero-order chi connectivity index (χ0) is 9.68. The van der Waals surface area contributed by atoms with Crippen LogP contribution in [0.5, 0.6) is 5.75 Å². The van der Waals surface area contributed by atoms with E-state index in [2.05, 4.69) is 15.9 Å². The van der Waals surface area contributed by atoms with Gasteiger partial charge >= 0.3 is 0 Å². The van der Waals surface area contributed by atoms with Crippen molar-refractivity contribution in [3.8, 4) is 5.75 Å². The van der Waals surface area contributed by atoms with E-state index >= 15 is 0 Å². The minimum atomic E-state index is -0.224. The first kappa shape index (κ1) is 10.5. The van der Waals surface area contributed by atoms with Crippen molar-refractivity contribution in [2.24, 2.45) is 0 Å². The molecule has 0 bridgehead atoms. The van der Waals surface area contributed by atoms with E-state index in [0.717, 1.165) is 17.7 Å². The highest BCUT2D eigenvalue weighted by Crippen LogP contribution is 2.22. The Balaban J connectivity index is 2.79. The third kappa shape index (κ3) is 2.99. The Bertz CT molecular complexity index is 276. The molecule has 0 aliphatic carbocycles. The maximum absolute atomic E-state index is 12.8. The van der Waals surface area contributed by atoms with Gasteiger partial charge in [-0.25, -0.2) is 4.39 Å². The van der Waals surface area contributed by atoms with Crippen LogP contribution in [0.1, 0.15) is 18.9 Å². The molecular formula is C10H12BrFO. The van der Waals surface area contributed by atoms with Crippen LogP contribution in [0.15, 0.2) is 18.2 Å². The summed E-state index contributed by atoms with van der Waals surface area (Å²) < 4.78 is 18.2. The summed E-state index contributed by atoms with van der Waals surface area (Å²) >= 11 is 3.29. The fourth-order valence-corrected chi connectivity index (χ4v) is 1.44. The standard InChI is InChI=1S/C10H12BrFO/c1-2-5-13-10-4-3-9(12)6-8(10)7-11/h3-4,6H,2,5,7H2,1H3. The Morgan fingerprint density at radius 1 is 1.46 bits per heavy atom. The topological polar surface area (TPSA) is 9.23 Å². The van der Waals surface area contributed by atoms with Crippen molar-refractivity contribution >= 4 is 15.9 Å². The van der Waals surface area contributed by atoms with Crippen molar-refractivity contribution in [2.45, 2.75) is 18.7 Å². The van der Waals surface area contributed by atoms with E-state index in [1.807, 2.05) is 6.92 Å². The maximum Gasteiger partial charge on any atom is 0.123 e. The van der Waals surface area contributed by atoms with Crippen LogP contribution < -0.4 is 4.74 Å². The van der Waals surface area contributed by atoms with E-state index in [0.29, 0.717) is 11.9 Å². The summed E-state index contributed by atoms with van der Waals surface area (Å²) in [6.07, 6.45) is 0.957. The smallest absolute Gasteiger partial charge is 0.123 e. The second-order valence-electron chi connectivity index (χ2n) is 2.73. The van der Waals surface area contributed by atoms with Crippen LogP contribution in [-0.4, -0.2) is 6.61 Å². The fraction of sp³-hybridized carbons (Fsp3) is 0.400. The molecular weight excluding hydrogens is 235 g/mol. The van der Waals surface area contributed by atoms with Gasteiger partial charge in [-0.1, -0.05) is 22.9 Å². The molecule has 0 N–H and O–H groups in total. The number of ether oxygens (including phenoxy) is 1. The molecule has 0 fully saturated rings. The Hall–Kier alpha value is -0.570. The lowest BCUT2D eigenvalue weighted by Crippen LogP contribution is -1.98. The molecule has 0 aliphatic rings. The van der Waals surface area contributed by atoms with E-state index < -0.39 is 0 Å². The molecule has 0 atom stereocenters. The zero-order valence-corrected chi connectivity index (χ0v) is 9.10. The van der Waals surface area contributed by atoms with E-state index in [1.165, 1.54) is 12.1 Å². The predicted molar refractivity (Wildman–Crippen MR) is 54.8 cm³/mol. The number of hydrogen-bond donors (Lipinski definition) is 0. The average molecular weight is 247 g/mol. The molecule has 1 rings (SSSR count). The lowest BCUT2D eigenvalue weighted by molar-refractivity contribution is 0.314. The van der Waals surface area contributed by atoms with Gasteiger partial charge in [0.25, 0.3) is 0 Å². The highest BCUT2D eigenvalue weighted by Gasteiger charge is 2.03. The molecule has 0 heterocycles. The second kappa shape index (κ2) is 5.22. The van der Waals surface area contributed by atoms with Crippen LogP contribution in [0.4, 0.5) is 4.39 Å². The molecule has 0 aromatic heterocycles. The summed E-state index contributed by atoms with van der Waals surface area (Å²) in [7, 11) is 0. The molecule has 13 heavy (non-hydrogen) atoms. The van der Waals surface area contributed by atoms with Gasteiger partial charge in [0, 0.05) is 10.9 Å². The number of halogens is 2. The van der Waals surface area contributed by atoms with Crippen molar-refractivity contribution in [2.75, 3.05) is 6.61 Å². The lowest BCUT2D eigenvalue weighted by Gasteiger charge is -2.08. The third-order valence-corrected chi connectivity index (χ3v) is 2.23. The van der Waals surface area contributed by atoms with Crippen molar-refractivity contribution in [3.05, 3.63) is 29.6 Å². The number of benzene rings is 1. The van der Waals surface area contributed by atoms with Gasteiger partial charge < -0.3 is 4.74 Å². The van der Waals surface area contributed by atoms with Gasteiger partial charge in [0.1, 0.15) is 11.6 Å². The second-order valence-corrected chi connectivity index (χ2v) is 3.29. The van der Waals surface area contributed by atoms with Gasteiger partial charge in [-0.2, -0.15) is 0 Å². The normalized spacial score (nSPS) is 10.1. The minimum Gasteiger partial charge on any atom is -0.493 e. The van der Waals surface area contributed by atoms with E-state index in [9.17, 15) is 4.39 Å². The van der Waals surface area contributed by atoms with Crippen LogP contribution >= 0.6 is 15.9 Å². The first-order valence-electron chi connectivity index (χ1n) is 4.25. The molecule has 3 heteroatoms. The number of hydrogen-bond acceptors (Lipinski definition) is 1. The van der Waals surface area contributed by atoms with Crippen molar-refractivity contribution < 1.29 is 9.13 Å². The monoisotopic (exact) mass is 246 g/mol. The van der Waals surface area contributed by atoms with Gasteiger partial charge in [-0.05, 0) is 24.6 Å². The molecule has 0 spiro atoms. The Morgan fingerprint density at radius 3 is 2.85 bits per heavy atom. The largest absolute Gasteiger partial charge is 0.493 e. The highest BCUT2D eigenvalue weighted by atomic mass is 79.9. The zero-order valence-electron chi connectivity index (χ0n) is 7.52. The molecule has 1 nitrogen and oxygen atoms in total. The first-order valence-corrected chi connectivity index (χ1v) is 5.37. The molecule has 0 aliphatic heterocycles. The number of rotatable bonds is 4. The maximum atomic E-state index is 12.8. The number of alkyl halides is 1. The molecule has 1 aromatic rings. The predicted octanol–water partition coefficient (Wildman–Crippen LogP) is 3.51. The quantitative estimate of drug-likeness (QED) is 0.740. The van der Waals surface area contributed by atoms with Gasteiger partial charge in [0.15, 0.2) is 0 Å². The Morgan fingerprint density at radius 2 is 2.23 bits per heavy atom. The third-order valence-electron chi connectivity index (χ3n) is 1.63. The summed E-state index contributed by atoms with van der Waals surface area (Å²) in [5, 5.41) is 0.615. The van der Waals surface area contributed by atoms with Gasteiger partial charge in [-0.3, -0.25) is 0 Å². The molecule has 72 valence electrons. The van der Waals surface area contributed by atoms with Crippen LogP contribution in [0.2, 0.25) is 0 Å². The van der Waals surface area contributed by atoms with Gasteiger partial charge in [-0.15, -0.1) is 0 Å². The minimum absolute atomic E-state index is 0.224. The molecule has 0 radical (unpaired) electrons. The van der Waals surface area contributed by atoms with Crippen molar-refractivity contribution in [3.63, 3.8) is 0 Å². The van der Waals surface area contributed by atoms with Crippen LogP contribution in [0.3, 0.4) is 0 Å². The molecule has 0 saturated carbocycles. The fourth-order valence-electron chi connectivity index (χ4n) is 1.01. The Kier molecular flexibility index (Phi) is 4.22. The first-order chi connectivity index (χ1) is 6.27. The summed E-state index contributed by atoms with van der Waals surface area (Å²) in [4.78, 5) is 0. The summed E-state index contributed by atoms with van der Waals surface area (Å²) in [5.41, 5.74) is 0.855. The van der Waals surface area contributed by atoms with Crippen LogP contribution in [0, 0.1) is 5.82 Å². The van der Waals surface area contributed by atoms with Gasteiger partial charge in [0.05, 0.1) is 6.61 Å². The summed E-state index contributed by atoms with van der Waals surface area (Å²) in [5.74, 6) is 0.540. The van der Waals surface area contributed by atoms with Gasteiger partial charge in [0.2, 0.25) is 0 Å². The Labute approximate surface area is 86.0 Å². The molecule has 0 unspecified atom stereocenters. The van der Waals surface area contributed by atoms with Crippen LogP contribution in [0.25, 0.3) is 0 Å². The highest BCUT2D eigenvalue weighted by molar-refractivity contribution is 9.08. The molecule has 0 amide bonds. The average Bonchev–Trinajstić information content (AvgIpc) is 2.16. The molecule has 1 aromatic carbocycles. The van der Waals surface area contributed by atoms with Crippen molar-refractivity contribution in [1.82, 2.24) is 0 Å². The van der Waals surface area contributed by atoms with Crippen molar-refractivity contribution in [1.29, 1.82) is 0 Å². The summed E-state index contributed by atoms with van der Waals surface area (Å²) in [6, 6.07) is 4.57. The van der Waals surface area contributed by atoms with E-state index in [1.54, 1.807) is 6.07 Å².